The third-order valence-corrected chi connectivity index (χ3v) is 3.60. The van der Waals surface area contributed by atoms with Crippen LogP contribution in [0.25, 0.3) is 0 Å². The Morgan fingerprint density at radius 3 is 2.15 bits per heavy atom. The highest BCUT2D eigenvalue weighted by Crippen LogP contribution is 2.27. The summed E-state index contributed by atoms with van der Waals surface area (Å²) in [5.41, 5.74) is 0. The van der Waals surface area contributed by atoms with Gasteiger partial charge in [-0.1, -0.05) is 33.6 Å². The zero-order valence-corrected chi connectivity index (χ0v) is 12.7. The molecule has 2 nitrogen and oxygen atoms in total. The first kappa shape index (κ1) is 16.7. The van der Waals surface area contributed by atoms with Gasteiger partial charge in [-0.05, 0) is 30.4 Å². The number of rotatable bonds is 8. The number of ether oxygens (including phenoxy) is 2. The SMILES string of the molecule is CCC(C)CCC(C)COc1ccc(OC)c(F)c1F. The molecule has 1 rings (SSSR count). The first-order valence-electron chi connectivity index (χ1n) is 7.14. The van der Waals surface area contributed by atoms with E-state index in [1.165, 1.54) is 19.2 Å². The van der Waals surface area contributed by atoms with Gasteiger partial charge in [-0.2, -0.15) is 8.78 Å². The van der Waals surface area contributed by atoms with Crippen molar-refractivity contribution in [1.29, 1.82) is 0 Å². The van der Waals surface area contributed by atoms with E-state index in [1.54, 1.807) is 0 Å². The van der Waals surface area contributed by atoms with Gasteiger partial charge < -0.3 is 9.47 Å². The van der Waals surface area contributed by atoms with Crippen LogP contribution in [-0.2, 0) is 0 Å². The molecule has 0 amide bonds. The van der Waals surface area contributed by atoms with E-state index in [1.807, 2.05) is 0 Å². The topological polar surface area (TPSA) is 18.5 Å². The number of halogens is 2. The Balaban J connectivity index is 2.51. The first-order valence-corrected chi connectivity index (χ1v) is 7.14. The summed E-state index contributed by atoms with van der Waals surface area (Å²) in [6, 6.07) is 2.77. The van der Waals surface area contributed by atoms with Gasteiger partial charge in [-0.15, -0.1) is 0 Å². The van der Waals surface area contributed by atoms with Crippen molar-refractivity contribution in [2.45, 2.75) is 40.0 Å². The molecule has 0 aliphatic rings. The van der Waals surface area contributed by atoms with Crippen LogP contribution >= 0.6 is 0 Å². The van der Waals surface area contributed by atoms with Gasteiger partial charge in [-0.25, -0.2) is 0 Å². The molecule has 20 heavy (non-hydrogen) atoms. The van der Waals surface area contributed by atoms with Gasteiger partial charge in [0.1, 0.15) is 0 Å². The molecule has 0 bridgehead atoms. The molecular formula is C16H24F2O2. The molecule has 0 fully saturated rings. The molecule has 0 radical (unpaired) electrons. The third-order valence-electron chi connectivity index (χ3n) is 3.60. The van der Waals surface area contributed by atoms with Crippen molar-refractivity contribution in [3.8, 4) is 11.5 Å². The van der Waals surface area contributed by atoms with Gasteiger partial charge in [0.2, 0.25) is 11.6 Å². The van der Waals surface area contributed by atoms with Crippen molar-refractivity contribution in [2.24, 2.45) is 11.8 Å². The predicted molar refractivity (Wildman–Crippen MR) is 76.3 cm³/mol. The first-order chi connectivity index (χ1) is 9.49. The zero-order valence-electron chi connectivity index (χ0n) is 12.7. The Labute approximate surface area is 120 Å². The fraction of sp³-hybridized carbons (Fsp3) is 0.625. The Hall–Kier alpha value is -1.32. The number of benzene rings is 1. The minimum Gasteiger partial charge on any atom is -0.494 e. The van der Waals surface area contributed by atoms with E-state index in [-0.39, 0.29) is 11.5 Å². The lowest BCUT2D eigenvalue weighted by Crippen LogP contribution is -2.11. The number of methoxy groups -OCH3 is 1. The molecule has 1 aromatic carbocycles. The highest BCUT2D eigenvalue weighted by atomic mass is 19.2. The van der Waals surface area contributed by atoms with Crippen LogP contribution in [0.5, 0.6) is 11.5 Å². The zero-order chi connectivity index (χ0) is 15.1. The molecule has 0 aromatic heterocycles. The smallest absolute Gasteiger partial charge is 0.204 e. The Morgan fingerprint density at radius 1 is 1.00 bits per heavy atom. The van der Waals surface area contributed by atoms with Crippen molar-refractivity contribution >= 4 is 0 Å². The molecule has 2 atom stereocenters. The summed E-state index contributed by atoms with van der Waals surface area (Å²) in [4.78, 5) is 0. The standard InChI is InChI=1S/C16H24F2O2/c1-5-11(2)6-7-12(3)10-20-14-9-8-13(19-4)15(17)16(14)18/h8-9,11-12H,5-7,10H2,1-4H3. The van der Waals surface area contributed by atoms with Crippen molar-refractivity contribution in [2.75, 3.05) is 13.7 Å². The molecule has 4 heteroatoms. The van der Waals surface area contributed by atoms with Crippen LogP contribution < -0.4 is 9.47 Å². The van der Waals surface area contributed by atoms with Crippen LogP contribution in [0.1, 0.15) is 40.0 Å². The van der Waals surface area contributed by atoms with E-state index < -0.39 is 11.6 Å². The normalized spacial score (nSPS) is 13.9. The van der Waals surface area contributed by atoms with Crippen LogP contribution in [0.15, 0.2) is 12.1 Å². The lowest BCUT2D eigenvalue weighted by Gasteiger charge is -2.16. The van der Waals surface area contributed by atoms with Crippen molar-refractivity contribution in [1.82, 2.24) is 0 Å². The minimum atomic E-state index is -1.00. The maximum Gasteiger partial charge on any atom is 0.204 e. The molecule has 0 aliphatic heterocycles. The van der Waals surface area contributed by atoms with E-state index in [9.17, 15) is 8.78 Å². The fourth-order valence-electron chi connectivity index (χ4n) is 1.87. The largest absolute Gasteiger partial charge is 0.494 e. The second kappa shape index (κ2) is 8.08. The summed E-state index contributed by atoms with van der Waals surface area (Å²) in [6.45, 7) is 6.83. The van der Waals surface area contributed by atoms with E-state index in [4.69, 9.17) is 9.47 Å². The van der Waals surface area contributed by atoms with Crippen LogP contribution in [0, 0.1) is 23.5 Å². The van der Waals surface area contributed by atoms with Gasteiger partial charge in [0.25, 0.3) is 0 Å². The molecule has 2 unspecified atom stereocenters. The van der Waals surface area contributed by atoms with Crippen molar-refractivity contribution in [3.63, 3.8) is 0 Å². The molecule has 0 heterocycles. The number of hydrogen-bond donors (Lipinski definition) is 0. The van der Waals surface area contributed by atoms with E-state index in [2.05, 4.69) is 20.8 Å². The molecular weight excluding hydrogens is 262 g/mol. The van der Waals surface area contributed by atoms with Gasteiger partial charge in [0.15, 0.2) is 11.5 Å². The maximum absolute atomic E-state index is 13.7. The predicted octanol–water partition coefficient (Wildman–Crippen LogP) is 4.81. The second-order valence-electron chi connectivity index (χ2n) is 5.40. The highest BCUT2D eigenvalue weighted by molar-refractivity contribution is 5.34. The van der Waals surface area contributed by atoms with Crippen LogP contribution in [-0.4, -0.2) is 13.7 Å². The summed E-state index contributed by atoms with van der Waals surface area (Å²) in [5.74, 6) is -1.16. The lowest BCUT2D eigenvalue weighted by molar-refractivity contribution is 0.230. The average Bonchev–Trinajstić information content (AvgIpc) is 2.46. The van der Waals surface area contributed by atoms with Gasteiger partial charge in [0, 0.05) is 0 Å². The van der Waals surface area contributed by atoms with Crippen LogP contribution in [0.3, 0.4) is 0 Å². The summed E-state index contributed by atoms with van der Waals surface area (Å²) >= 11 is 0. The summed E-state index contributed by atoms with van der Waals surface area (Å²) in [5, 5.41) is 0. The van der Waals surface area contributed by atoms with Crippen LogP contribution in [0.2, 0.25) is 0 Å². The Bertz CT molecular complexity index is 421. The minimum absolute atomic E-state index is 0.0568. The van der Waals surface area contributed by atoms with Crippen molar-refractivity contribution in [3.05, 3.63) is 23.8 Å². The van der Waals surface area contributed by atoms with Crippen LogP contribution in [0.4, 0.5) is 8.78 Å². The highest BCUT2D eigenvalue weighted by Gasteiger charge is 2.16. The molecule has 0 spiro atoms. The van der Waals surface area contributed by atoms with Crippen molar-refractivity contribution < 1.29 is 18.3 Å². The molecule has 0 saturated carbocycles. The molecule has 0 saturated heterocycles. The van der Waals surface area contributed by atoms with E-state index in [0.29, 0.717) is 18.4 Å². The molecule has 114 valence electrons. The summed E-state index contributed by atoms with van der Waals surface area (Å²) in [7, 11) is 1.30. The fourth-order valence-corrected chi connectivity index (χ4v) is 1.87. The van der Waals surface area contributed by atoms with E-state index >= 15 is 0 Å². The van der Waals surface area contributed by atoms with Gasteiger partial charge >= 0.3 is 0 Å². The third kappa shape index (κ3) is 4.66. The summed E-state index contributed by atoms with van der Waals surface area (Å²) in [6.07, 6.45) is 3.31. The molecule has 0 aliphatic carbocycles. The maximum atomic E-state index is 13.7. The number of hydrogen-bond acceptors (Lipinski definition) is 2. The van der Waals surface area contributed by atoms with E-state index in [0.717, 1.165) is 19.3 Å². The Morgan fingerprint density at radius 2 is 1.55 bits per heavy atom. The summed E-state index contributed by atoms with van der Waals surface area (Å²) < 4.78 is 37.3. The Kier molecular flexibility index (Phi) is 6.76. The van der Waals surface area contributed by atoms with Gasteiger partial charge in [-0.3, -0.25) is 0 Å². The van der Waals surface area contributed by atoms with Gasteiger partial charge in [0.05, 0.1) is 13.7 Å². The monoisotopic (exact) mass is 286 g/mol. The molecule has 0 N–H and O–H groups in total. The quantitative estimate of drug-likeness (QED) is 0.682. The second-order valence-corrected chi connectivity index (χ2v) is 5.40. The lowest BCUT2D eigenvalue weighted by atomic mass is 9.97. The molecule has 1 aromatic rings. The average molecular weight is 286 g/mol.